The molecule has 0 atom stereocenters. The van der Waals surface area contributed by atoms with E-state index >= 15 is 0 Å². The van der Waals surface area contributed by atoms with Gasteiger partial charge in [-0.1, -0.05) is 0 Å². The van der Waals surface area contributed by atoms with E-state index < -0.39 is 4.92 Å². The van der Waals surface area contributed by atoms with Crippen molar-refractivity contribution in [2.45, 2.75) is 0 Å². The highest BCUT2D eigenvalue weighted by molar-refractivity contribution is 7.07. The second kappa shape index (κ2) is 4.26. The van der Waals surface area contributed by atoms with E-state index in [1.165, 1.54) is 11.6 Å². The van der Waals surface area contributed by atoms with Gasteiger partial charge in [-0.15, -0.1) is 11.3 Å². The Morgan fingerprint density at radius 1 is 1.53 bits per heavy atom. The van der Waals surface area contributed by atoms with Crippen molar-refractivity contribution in [3.05, 3.63) is 29.7 Å². The highest BCUT2D eigenvalue weighted by Crippen LogP contribution is 1.78. The first-order valence-electron chi connectivity index (χ1n) is 4.11. The maximum absolute atomic E-state index is 11.6. The van der Waals surface area contributed by atoms with Crippen molar-refractivity contribution < 1.29 is 4.92 Å². The van der Waals surface area contributed by atoms with Crippen LogP contribution in [0.2, 0.25) is 0 Å². The molecule has 0 spiro atoms. The Bertz CT molecular complexity index is 540. The first kappa shape index (κ1) is 11.4. The maximum Gasteiger partial charge on any atom is 0.270 e. The van der Waals surface area contributed by atoms with Crippen LogP contribution in [0.1, 0.15) is 0 Å². The molecule has 7 heteroatoms. The summed E-state index contributed by atoms with van der Waals surface area (Å²) in [6, 6.07) is 0. The molecule has 0 radical (unpaired) electrons. The lowest BCUT2D eigenvalue weighted by atomic mass is 10.7. The van der Waals surface area contributed by atoms with Crippen molar-refractivity contribution >= 4 is 23.7 Å². The Labute approximate surface area is 89.5 Å². The molecule has 0 aliphatic carbocycles. The quantitative estimate of drug-likeness (QED) is 0.470. The van der Waals surface area contributed by atoms with Crippen LogP contribution < -0.4 is 14.8 Å². The lowest BCUT2D eigenvalue weighted by Crippen LogP contribution is -2.30. The molecule has 0 bridgehead atoms. The molecular formula is C8H11N3O3S. The van der Waals surface area contributed by atoms with Crippen LogP contribution in [0.25, 0.3) is 12.4 Å². The molecule has 1 rings (SSSR count). The third-order valence-electron chi connectivity index (χ3n) is 1.65. The summed E-state index contributed by atoms with van der Waals surface area (Å²) in [4.78, 5) is 23.0. The fourth-order valence-corrected chi connectivity index (χ4v) is 2.08. The van der Waals surface area contributed by atoms with E-state index in [2.05, 4.69) is 0 Å². The lowest BCUT2D eigenvalue weighted by Gasteiger charge is -1.99. The lowest BCUT2D eigenvalue weighted by molar-refractivity contribution is -0.363. The van der Waals surface area contributed by atoms with E-state index in [1.54, 1.807) is 25.2 Å². The van der Waals surface area contributed by atoms with Gasteiger partial charge in [-0.05, 0) is 0 Å². The number of thiazole rings is 1. The second-order valence-corrected chi connectivity index (χ2v) is 4.24. The van der Waals surface area contributed by atoms with Gasteiger partial charge in [-0.25, -0.2) is 0 Å². The zero-order valence-electron chi connectivity index (χ0n) is 8.63. The van der Waals surface area contributed by atoms with E-state index in [4.69, 9.17) is 0 Å². The fraction of sp³-hybridized carbons (Fsp3) is 0.375. The zero-order chi connectivity index (χ0) is 11.6. The summed E-state index contributed by atoms with van der Waals surface area (Å²) in [5.74, 6) is 0. The Hall–Kier alpha value is -1.63. The molecule has 0 amide bonds. The Morgan fingerprint density at radius 3 is 2.60 bits per heavy atom. The van der Waals surface area contributed by atoms with Gasteiger partial charge < -0.3 is 4.90 Å². The average Bonchev–Trinajstić information content (AvgIpc) is 2.32. The van der Waals surface area contributed by atoms with Gasteiger partial charge in [0.15, 0.2) is 4.66 Å². The first-order valence-corrected chi connectivity index (χ1v) is 4.93. The number of aromatic nitrogens is 1. The standard InChI is InChI=1S/C8H11N3O3S/c1-9(2)4-6-8(12)10(3)7(15-6)5-11(13)14/h4-5H,1-3H3/b6-4-,7-5-. The highest BCUT2D eigenvalue weighted by Gasteiger charge is 2.02. The van der Waals surface area contributed by atoms with Crippen molar-refractivity contribution in [2.75, 3.05) is 14.1 Å². The van der Waals surface area contributed by atoms with Gasteiger partial charge in [0.2, 0.25) is 0 Å². The third kappa shape index (κ3) is 2.66. The van der Waals surface area contributed by atoms with E-state index in [9.17, 15) is 14.9 Å². The maximum atomic E-state index is 11.6. The Kier molecular flexibility index (Phi) is 3.25. The van der Waals surface area contributed by atoms with Crippen LogP contribution in [0.15, 0.2) is 4.79 Å². The topological polar surface area (TPSA) is 68.4 Å². The van der Waals surface area contributed by atoms with Gasteiger partial charge in [0.05, 0.1) is 4.92 Å². The molecule has 1 aromatic rings. The second-order valence-electron chi connectivity index (χ2n) is 3.18. The summed E-state index contributed by atoms with van der Waals surface area (Å²) in [6.07, 6.45) is 2.48. The molecule has 0 saturated heterocycles. The molecule has 0 aliphatic heterocycles. The van der Waals surface area contributed by atoms with Crippen molar-refractivity contribution in [3.8, 4) is 0 Å². The normalized spacial score (nSPS) is 13.3. The molecule has 0 aromatic carbocycles. The van der Waals surface area contributed by atoms with Gasteiger partial charge >= 0.3 is 0 Å². The summed E-state index contributed by atoms with van der Waals surface area (Å²) >= 11 is 1.10. The van der Waals surface area contributed by atoms with Crippen LogP contribution in [-0.2, 0) is 7.05 Å². The molecule has 0 unspecified atom stereocenters. The molecule has 0 N–H and O–H groups in total. The molecule has 0 aliphatic rings. The summed E-state index contributed by atoms with van der Waals surface area (Å²) in [5.41, 5.74) is -0.221. The van der Waals surface area contributed by atoms with Gasteiger partial charge in [-0.3, -0.25) is 19.5 Å². The van der Waals surface area contributed by atoms with Crippen molar-refractivity contribution in [1.29, 1.82) is 0 Å². The number of nitro groups is 1. The smallest absolute Gasteiger partial charge is 0.270 e. The van der Waals surface area contributed by atoms with Gasteiger partial charge in [0, 0.05) is 27.3 Å². The predicted octanol–water partition coefficient (Wildman–Crippen LogP) is -1.24. The van der Waals surface area contributed by atoms with Crippen LogP contribution in [0.4, 0.5) is 0 Å². The minimum atomic E-state index is -0.565. The van der Waals surface area contributed by atoms with Crippen LogP contribution in [0.5, 0.6) is 0 Å². The summed E-state index contributed by atoms with van der Waals surface area (Å²) < 4.78 is 2.08. The minimum absolute atomic E-state index is 0.221. The first-order chi connectivity index (χ1) is 6.91. The number of hydrogen-bond acceptors (Lipinski definition) is 5. The summed E-state index contributed by atoms with van der Waals surface area (Å²) in [6.45, 7) is 0. The Morgan fingerprint density at radius 2 is 2.13 bits per heavy atom. The molecule has 1 heterocycles. The fourth-order valence-electron chi connectivity index (χ4n) is 1.01. The summed E-state index contributed by atoms with van der Waals surface area (Å²) in [7, 11) is 5.09. The third-order valence-corrected chi connectivity index (χ3v) is 2.74. The highest BCUT2D eigenvalue weighted by atomic mass is 32.1. The molecule has 0 saturated carbocycles. The molecule has 1 aromatic heterocycles. The van der Waals surface area contributed by atoms with E-state index in [0.717, 1.165) is 17.5 Å². The van der Waals surface area contributed by atoms with Gasteiger partial charge in [-0.2, -0.15) is 0 Å². The summed E-state index contributed by atoms with van der Waals surface area (Å²) in [5, 5.41) is 10.3. The number of rotatable bonds is 2. The minimum Gasteiger partial charge on any atom is -0.382 e. The van der Waals surface area contributed by atoms with Crippen LogP contribution in [0.3, 0.4) is 0 Å². The molecule has 82 valence electrons. The molecule has 6 nitrogen and oxygen atoms in total. The van der Waals surface area contributed by atoms with Crippen molar-refractivity contribution in [2.24, 2.45) is 7.05 Å². The molecular weight excluding hydrogens is 218 g/mol. The van der Waals surface area contributed by atoms with Crippen molar-refractivity contribution in [3.63, 3.8) is 0 Å². The predicted molar refractivity (Wildman–Crippen MR) is 58.4 cm³/mol. The molecule has 0 fully saturated rings. The van der Waals surface area contributed by atoms with E-state index in [1.807, 2.05) is 0 Å². The van der Waals surface area contributed by atoms with Crippen LogP contribution >= 0.6 is 11.3 Å². The average molecular weight is 229 g/mol. The molecule has 15 heavy (non-hydrogen) atoms. The Balaban J connectivity index is 3.51. The van der Waals surface area contributed by atoms with Crippen molar-refractivity contribution in [1.82, 2.24) is 9.47 Å². The largest absolute Gasteiger partial charge is 0.382 e. The SMILES string of the molecule is CN(C)/C=c1\s/c(=C\[N+](=O)[O-])n(C)c1=O. The van der Waals surface area contributed by atoms with Gasteiger partial charge in [0.1, 0.15) is 4.53 Å². The van der Waals surface area contributed by atoms with E-state index in [-0.39, 0.29) is 5.56 Å². The van der Waals surface area contributed by atoms with E-state index in [0.29, 0.717) is 9.20 Å². The van der Waals surface area contributed by atoms with Crippen LogP contribution in [0, 0.1) is 10.1 Å². The number of hydrogen-bond donors (Lipinski definition) is 0. The van der Waals surface area contributed by atoms with Gasteiger partial charge in [0.25, 0.3) is 11.8 Å². The monoisotopic (exact) mass is 229 g/mol. The number of nitrogens with zero attached hydrogens (tertiary/aromatic N) is 3. The zero-order valence-corrected chi connectivity index (χ0v) is 9.45. The van der Waals surface area contributed by atoms with Crippen LogP contribution in [-0.4, -0.2) is 28.5 Å².